The number of carboxylic acids is 1. The fraction of sp³-hybridized carbons (Fsp3) is 0.263. The SMILES string of the molecule is CCC(=O)N[C@H](Cc1cccs1)C(=O)N[C@@H](Cc1ccc(-c2ccccc2)cc1)C(=O)N[C@H](CO)C(=O)N[C@@H](Cc1ccc(NC=O)cc1)C(=O)O. The molecular weight excluding hydrogens is 687 g/mol. The van der Waals surface area contributed by atoms with Crippen molar-refractivity contribution in [3.63, 3.8) is 0 Å². The maximum atomic E-state index is 13.8. The van der Waals surface area contributed by atoms with Gasteiger partial charge in [0.25, 0.3) is 0 Å². The molecular formula is C38H41N5O8S. The van der Waals surface area contributed by atoms with E-state index in [1.54, 1.807) is 31.2 Å². The fourth-order valence-corrected chi connectivity index (χ4v) is 6.05. The van der Waals surface area contributed by atoms with E-state index in [9.17, 15) is 39.0 Å². The van der Waals surface area contributed by atoms with Gasteiger partial charge in [-0.2, -0.15) is 0 Å². The predicted molar refractivity (Wildman–Crippen MR) is 196 cm³/mol. The second-order valence-corrected chi connectivity index (χ2v) is 12.9. The number of amides is 5. The monoisotopic (exact) mass is 727 g/mol. The van der Waals surface area contributed by atoms with Crippen LogP contribution in [0.15, 0.2) is 96.4 Å². The molecule has 0 aliphatic heterocycles. The summed E-state index contributed by atoms with van der Waals surface area (Å²) < 4.78 is 0. The van der Waals surface area contributed by atoms with E-state index in [-0.39, 0.29) is 31.6 Å². The van der Waals surface area contributed by atoms with Crippen molar-refractivity contribution in [1.82, 2.24) is 21.3 Å². The molecule has 1 heterocycles. The normalized spacial score (nSPS) is 13.0. The van der Waals surface area contributed by atoms with Crippen LogP contribution in [-0.4, -0.2) is 77.0 Å². The largest absolute Gasteiger partial charge is 0.480 e. The molecule has 272 valence electrons. The summed E-state index contributed by atoms with van der Waals surface area (Å²) in [5.74, 6) is -4.09. The lowest BCUT2D eigenvalue weighted by Gasteiger charge is -2.25. The third-order valence-electron chi connectivity index (χ3n) is 8.14. The Labute approximate surface area is 304 Å². The minimum absolute atomic E-state index is 0.00738. The standard InChI is InChI=1S/C38H41N5O8S/c1-2-34(46)40-31(21-29-9-6-18-52-29)36(48)41-30(19-24-10-14-27(15-11-24)26-7-4-3-5-8-26)35(47)43-33(22-44)37(49)42-32(38(50)51)20-25-12-16-28(17-13-25)39-23-45/h3-18,23,30-33,44H,2,19-22H2,1H3,(H,39,45)(H,40,46)(H,41,48)(H,42,49)(H,43,47)(H,50,51)/t30-,31+,32-,33+/m0/s1. The van der Waals surface area contributed by atoms with Crippen LogP contribution in [0, 0.1) is 0 Å². The van der Waals surface area contributed by atoms with Gasteiger partial charge in [-0.1, -0.05) is 79.7 Å². The summed E-state index contributed by atoms with van der Waals surface area (Å²) in [7, 11) is 0. The van der Waals surface area contributed by atoms with Gasteiger partial charge in [0.1, 0.15) is 24.2 Å². The number of anilines is 1. The highest BCUT2D eigenvalue weighted by molar-refractivity contribution is 7.09. The van der Waals surface area contributed by atoms with E-state index in [0.29, 0.717) is 23.2 Å². The van der Waals surface area contributed by atoms with Gasteiger partial charge in [0.15, 0.2) is 0 Å². The van der Waals surface area contributed by atoms with Crippen LogP contribution >= 0.6 is 11.3 Å². The number of hydrogen-bond acceptors (Lipinski definition) is 8. The van der Waals surface area contributed by atoms with Crippen LogP contribution in [0.1, 0.15) is 29.3 Å². The van der Waals surface area contributed by atoms with Crippen LogP contribution in [-0.2, 0) is 48.0 Å². The van der Waals surface area contributed by atoms with Crippen molar-refractivity contribution >= 4 is 53.0 Å². The molecule has 0 aliphatic carbocycles. The van der Waals surface area contributed by atoms with E-state index in [2.05, 4.69) is 26.6 Å². The third kappa shape index (κ3) is 11.6. The molecule has 13 nitrogen and oxygen atoms in total. The van der Waals surface area contributed by atoms with Gasteiger partial charge in [-0.3, -0.25) is 24.0 Å². The zero-order valence-electron chi connectivity index (χ0n) is 28.4. The van der Waals surface area contributed by atoms with E-state index < -0.39 is 54.5 Å². The summed E-state index contributed by atoms with van der Waals surface area (Å²) in [6.07, 6.45) is 0.695. The number of carboxylic acid groups (broad SMARTS) is 1. The van der Waals surface area contributed by atoms with Gasteiger partial charge < -0.3 is 36.8 Å². The molecule has 0 bridgehead atoms. The van der Waals surface area contributed by atoms with Gasteiger partial charge >= 0.3 is 5.97 Å². The number of thiophene rings is 1. The zero-order chi connectivity index (χ0) is 37.5. The van der Waals surface area contributed by atoms with E-state index in [0.717, 1.165) is 16.0 Å². The Morgan fingerprint density at radius 2 is 1.19 bits per heavy atom. The first-order valence-electron chi connectivity index (χ1n) is 16.6. The highest BCUT2D eigenvalue weighted by atomic mass is 32.1. The Kier molecular flexibility index (Phi) is 14.6. The van der Waals surface area contributed by atoms with Crippen LogP contribution < -0.4 is 26.6 Å². The highest BCUT2D eigenvalue weighted by Crippen LogP contribution is 2.20. The summed E-state index contributed by atoms with van der Waals surface area (Å²) in [4.78, 5) is 76.7. The molecule has 4 rings (SSSR count). The summed E-state index contributed by atoms with van der Waals surface area (Å²) in [5.41, 5.74) is 3.64. The molecule has 3 aromatic carbocycles. The molecule has 4 atom stereocenters. The number of aliphatic hydroxyl groups excluding tert-OH is 1. The van der Waals surface area contributed by atoms with Crippen molar-refractivity contribution in [2.45, 2.75) is 56.8 Å². The van der Waals surface area contributed by atoms with Gasteiger partial charge in [-0.05, 0) is 45.8 Å². The van der Waals surface area contributed by atoms with E-state index >= 15 is 0 Å². The summed E-state index contributed by atoms with van der Waals surface area (Å²) >= 11 is 1.41. The molecule has 0 saturated carbocycles. The Hall–Kier alpha value is -5.86. The van der Waals surface area contributed by atoms with Gasteiger partial charge in [-0.15, -0.1) is 11.3 Å². The molecule has 0 unspecified atom stereocenters. The molecule has 0 aliphatic rings. The van der Waals surface area contributed by atoms with Gasteiger partial charge in [0, 0.05) is 36.2 Å². The molecule has 0 spiro atoms. The van der Waals surface area contributed by atoms with Crippen molar-refractivity contribution in [2.24, 2.45) is 0 Å². The highest BCUT2D eigenvalue weighted by Gasteiger charge is 2.31. The Morgan fingerprint density at radius 3 is 1.75 bits per heavy atom. The lowest BCUT2D eigenvalue weighted by molar-refractivity contribution is -0.142. The number of hydrogen-bond donors (Lipinski definition) is 7. The molecule has 7 N–H and O–H groups in total. The van der Waals surface area contributed by atoms with Gasteiger partial charge in [0.05, 0.1) is 6.61 Å². The van der Waals surface area contributed by atoms with Crippen LogP contribution in [0.4, 0.5) is 5.69 Å². The smallest absolute Gasteiger partial charge is 0.326 e. The number of benzene rings is 3. The van der Waals surface area contributed by atoms with Crippen LogP contribution in [0.3, 0.4) is 0 Å². The number of aliphatic hydroxyl groups is 1. The fourth-order valence-electron chi connectivity index (χ4n) is 5.30. The molecule has 0 fully saturated rings. The summed E-state index contributed by atoms with van der Waals surface area (Å²) in [6.45, 7) is 0.791. The summed E-state index contributed by atoms with van der Waals surface area (Å²) in [5, 5.41) is 34.5. The molecule has 14 heteroatoms. The second-order valence-electron chi connectivity index (χ2n) is 11.9. The van der Waals surface area contributed by atoms with E-state index in [4.69, 9.17) is 0 Å². The maximum absolute atomic E-state index is 13.8. The average Bonchev–Trinajstić information content (AvgIpc) is 3.67. The molecule has 1 aromatic heterocycles. The second kappa shape index (κ2) is 19.5. The third-order valence-corrected chi connectivity index (χ3v) is 9.04. The first-order chi connectivity index (χ1) is 25.1. The molecule has 4 aromatic rings. The number of carbonyl (C=O) groups is 6. The van der Waals surface area contributed by atoms with Crippen molar-refractivity contribution in [3.8, 4) is 11.1 Å². The zero-order valence-corrected chi connectivity index (χ0v) is 29.2. The topological polar surface area (TPSA) is 203 Å². The van der Waals surface area contributed by atoms with Gasteiger partial charge in [0.2, 0.25) is 30.0 Å². The molecule has 0 saturated heterocycles. The Morgan fingerprint density at radius 1 is 0.654 bits per heavy atom. The first kappa shape index (κ1) is 38.9. The molecule has 52 heavy (non-hydrogen) atoms. The first-order valence-corrected chi connectivity index (χ1v) is 17.5. The van der Waals surface area contributed by atoms with E-state index in [1.165, 1.54) is 11.3 Å². The van der Waals surface area contributed by atoms with Crippen LogP contribution in [0.5, 0.6) is 0 Å². The quantitative estimate of drug-likeness (QED) is 0.0714. The number of carbonyl (C=O) groups excluding carboxylic acids is 5. The van der Waals surface area contributed by atoms with Crippen molar-refractivity contribution in [1.29, 1.82) is 0 Å². The van der Waals surface area contributed by atoms with Crippen molar-refractivity contribution < 1.29 is 39.0 Å². The van der Waals surface area contributed by atoms with Crippen LogP contribution in [0.2, 0.25) is 0 Å². The minimum Gasteiger partial charge on any atom is -0.480 e. The average molecular weight is 728 g/mol. The van der Waals surface area contributed by atoms with E-state index in [1.807, 2.05) is 72.1 Å². The number of nitrogens with one attached hydrogen (secondary N) is 5. The lowest BCUT2D eigenvalue weighted by Crippen LogP contribution is -2.59. The Balaban J connectivity index is 1.52. The van der Waals surface area contributed by atoms with Crippen LogP contribution in [0.25, 0.3) is 11.1 Å². The Bertz CT molecular complexity index is 1800. The molecule has 5 amide bonds. The molecule has 0 radical (unpaired) electrons. The van der Waals surface area contributed by atoms with Gasteiger partial charge in [-0.25, -0.2) is 4.79 Å². The lowest BCUT2D eigenvalue weighted by atomic mass is 9.99. The predicted octanol–water partition coefficient (Wildman–Crippen LogP) is 2.44. The number of rotatable bonds is 19. The van der Waals surface area contributed by atoms with Crippen molar-refractivity contribution in [2.75, 3.05) is 11.9 Å². The summed E-state index contributed by atoms with van der Waals surface area (Å²) in [6, 6.07) is 21.8. The maximum Gasteiger partial charge on any atom is 0.326 e. The minimum atomic E-state index is -1.56. The van der Waals surface area contributed by atoms with Crippen molar-refractivity contribution in [3.05, 3.63) is 112 Å². The number of aliphatic carboxylic acids is 1.